The first-order chi connectivity index (χ1) is 11.8. The van der Waals surface area contributed by atoms with Crippen LogP contribution in [-0.2, 0) is 10.0 Å². The summed E-state index contributed by atoms with van der Waals surface area (Å²) in [5.41, 5.74) is 0.859. The number of hydrazone groups is 1. The van der Waals surface area contributed by atoms with Crippen LogP contribution >= 0.6 is 23.2 Å². The number of aromatic nitrogens is 1. The fraction of sp³-hybridized carbons (Fsp3) is 0. The van der Waals surface area contributed by atoms with E-state index in [1.165, 1.54) is 36.5 Å². The lowest BCUT2D eigenvalue weighted by Crippen LogP contribution is -2.18. The number of halogens is 2. The molecule has 25 heavy (non-hydrogen) atoms. The Morgan fingerprint density at radius 1 is 1.20 bits per heavy atom. The van der Waals surface area contributed by atoms with E-state index in [-0.39, 0.29) is 26.3 Å². The normalized spacial score (nSPS) is 12.1. The van der Waals surface area contributed by atoms with E-state index >= 15 is 0 Å². The third kappa shape index (κ3) is 3.63. The molecule has 0 saturated heterocycles. The summed E-state index contributed by atoms with van der Waals surface area (Å²) in [6.45, 7) is 0. The van der Waals surface area contributed by atoms with Crippen LogP contribution in [0.4, 0.5) is 0 Å². The molecule has 0 saturated carbocycles. The van der Waals surface area contributed by atoms with Crippen LogP contribution in [0.3, 0.4) is 0 Å². The van der Waals surface area contributed by atoms with Crippen molar-refractivity contribution < 1.29 is 17.9 Å². The molecular formula is C14H9Cl2N3O5S. The number of phenolic OH excluding ortho intramolecular Hbond substituents is 1. The second-order valence-corrected chi connectivity index (χ2v) is 7.33. The summed E-state index contributed by atoms with van der Waals surface area (Å²) in [6, 6.07) is 6.61. The van der Waals surface area contributed by atoms with Gasteiger partial charge in [-0.15, -0.1) is 0 Å². The number of oxazole rings is 1. The fourth-order valence-electron chi connectivity index (χ4n) is 1.98. The minimum absolute atomic E-state index is 0.00439. The second kappa shape index (κ2) is 6.43. The molecule has 2 aromatic carbocycles. The van der Waals surface area contributed by atoms with E-state index in [9.17, 15) is 18.3 Å². The third-order valence-electron chi connectivity index (χ3n) is 3.13. The number of benzene rings is 2. The maximum atomic E-state index is 12.2. The van der Waals surface area contributed by atoms with E-state index in [0.29, 0.717) is 11.1 Å². The number of phenols is 1. The summed E-state index contributed by atoms with van der Waals surface area (Å²) in [5, 5.41) is 13.1. The van der Waals surface area contributed by atoms with Crippen molar-refractivity contribution in [1.29, 1.82) is 0 Å². The number of aromatic amines is 1. The van der Waals surface area contributed by atoms with Gasteiger partial charge in [-0.25, -0.2) is 9.63 Å². The van der Waals surface area contributed by atoms with Gasteiger partial charge in [-0.05, 0) is 29.8 Å². The molecule has 0 aliphatic rings. The van der Waals surface area contributed by atoms with Crippen molar-refractivity contribution in [1.82, 2.24) is 9.82 Å². The number of aromatic hydroxyl groups is 1. The Morgan fingerprint density at radius 3 is 2.56 bits per heavy atom. The zero-order chi connectivity index (χ0) is 18.2. The molecule has 0 bridgehead atoms. The number of hydrogen-bond donors (Lipinski definition) is 3. The highest BCUT2D eigenvalue weighted by molar-refractivity contribution is 7.89. The zero-order valence-electron chi connectivity index (χ0n) is 12.2. The number of hydrogen-bond acceptors (Lipinski definition) is 6. The predicted molar refractivity (Wildman–Crippen MR) is 92.9 cm³/mol. The Balaban J connectivity index is 1.84. The molecule has 0 atom stereocenters. The van der Waals surface area contributed by atoms with E-state index in [0.717, 1.165) is 0 Å². The van der Waals surface area contributed by atoms with Crippen LogP contribution in [0.2, 0.25) is 10.0 Å². The number of sulfonamides is 1. The second-order valence-electron chi connectivity index (χ2n) is 4.86. The van der Waals surface area contributed by atoms with Gasteiger partial charge in [0.25, 0.3) is 10.0 Å². The van der Waals surface area contributed by atoms with Gasteiger partial charge >= 0.3 is 5.76 Å². The quantitative estimate of drug-likeness (QED) is 0.457. The van der Waals surface area contributed by atoms with Crippen LogP contribution in [0, 0.1) is 0 Å². The van der Waals surface area contributed by atoms with Crippen molar-refractivity contribution in [2.45, 2.75) is 4.90 Å². The van der Waals surface area contributed by atoms with Crippen LogP contribution in [0.15, 0.2) is 49.5 Å². The van der Waals surface area contributed by atoms with Crippen molar-refractivity contribution in [3.05, 3.63) is 56.5 Å². The summed E-state index contributed by atoms with van der Waals surface area (Å²) < 4.78 is 29.2. The monoisotopic (exact) mass is 401 g/mol. The molecule has 0 aliphatic heterocycles. The zero-order valence-corrected chi connectivity index (χ0v) is 14.5. The fourth-order valence-corrected chi connectivity index (χ4v) is 3.29. The lowest BCUT2D eigenvalue weighted by atomic mass is 10.2. The van der Waals surface area contributed by atoms with Crippen LogP contribution in [0.25, 0.3) is 11.1 Å². The van der Waals surface area contributed by atoms with Gasteiger partial charge in [0.05, 0.1) is 26.7 Å². The maximum Gasteiger partial charge on any atom is 0.417 e. The van der Waals surface area contributed by atoms with E-state index in [2.05, 4.69) is 10.1 Å². The maximum absolute atomic E-state index is 12.2. The Kier molecular flexibility index (Phi) is 4.46. The van der Waals surface area contributed by atoms with Gasteiger partial charge in [0.15, 0.2) is 11.3 Å². The van der Waals surface area contributed by atoms with Crippen LogP contribution in [0.5, 0.6) is 5.75 Å². The number of rotatable bonds is 4. The lowest BCUT2D eigenvalue weighted by molar-refractivity contribution is 0.476. The first kappa shape index (κ1) is 17.3. The molecular weight excluding hydrogens is 393 g/mol. The van der Waals surface area contributed by atoms with Gasteiger partial charge in [0, 0.05) is 6.07 Å². The minimum Gasteiger partial charge on any atom is -0.505 e. The number of H-pyrrole nitrogens is 1. The first-order valence-corrected chi connectivity index (χ1v) is 8.86. The molecule has 0 spiro atoms. The van der Waals surface area contributed by atoms with E-state index in [4.69, 9.17) is 27.6 Å². The highest BCUT2D eigenvalue weighted by Crippen LogP contribution is 2.32. The Morgan fingerprint density at radius 2 is 1.88 bits per heavy atom. The van der Waals surface area contributed by atoms with Gasteiger partial charge in [0.1, 0.15) is 0 Å². The molecule has 0 fully saturated rings. The molecule has 0 amide bonds. The first-order valence-electron chi connectivity index (χ1n) is 6.62. The average Bonchev–Trinajstić information content (AvgIpc) is 2.91. The van der Waals surface area contributed by atoms with E-state index in [1.54, 1.807) is 0 Å². The predicted octanol–water partition coefficient (Wildman–Crippen LogP) is 2.45. The number of fused-ring (bicyclic) bond motifs is 1. The molecule has 0 radical (unpaired) electrons. The molecule has 1 aromatic heterocycles. The van der Waals surface area contributed by atoms with Gasteiger partial charge in [-0.3, -0.25) is 4.98 Å². The summed E-state index contributed by atoms with van der Waals surface area (Å²) in [5.74, 6) is -0.959. The van der Waals surface area contributed by atoms with Crippen molar-refractivity contribution in [2.24, 2.45) is 5.10 Å². The summed E-state index contributed by atoms with van der Waals surface area (Å²) in [4.78, 5) is 15.4. The van der Waals surface area contributed by atoms with E-state index < -0.39 is 15.8 Å². The van der Waals surface area contributed by atoms with Crippen molar-refractivity contribution in [2.75, 3.05) is 0 Å². The standard InChI is InChI=1S/C14H9Cl2N3O5S/c15-9-3-7(4-10(16)13(9)20)6-17-19-25(22,23)8-1-2-11-12(5-8)24-14(21)18-11/h1-6,19-20H,(H,18,21)/b17-6+. The molecule has 11 heteroatoms. The minimum atomic E-state index is -3.98. The SMILES string of the molecule is O=c1[nH]c2ccc(S(=O)(=O)N/N=C/c3cc(Cl)c(O)c(Cl)c3)cc2o1. The molecule has 3 rings (SSSR count). The van der Waals surface area contributed by atoms with Crippen molar-refractivity contribution >= 4 is 50.5 Å². The van der Waals surface area contributed by atoms with Crippen molar-refractivity contribution in [3.8, 4) is 5.75 Å². The third-order valence-corrected chi connectivity index (χ3v) is 4.93. The molecule has 0 unspecified atom stereocenters. The molecule has 3 aromatic rings. The summed E-state index contributed by atoms with van der Waals surface area (Å²) >= 11 is 11.5. The van der Waals surface area contributed by atoms with Gasteiger partial charge in [0.2, 0.25) is 0 Å². The van der Waals surface area contributed by atoms with Crippen molar-refractivity contribution in [3.63, 3.8) is 0 Å². The Bertz CT molecular complexity index is 1130. The van der Waals surface area contributed by atoms with Crippen LogP contribution in [-0.4, -0.2) is 24.7 Å². The average molecular weight is 402 g/mol. The van der Waals surface area contributed by atoms with Gasteiger partial charge in [-0.2, -0.15) is 13.5 Å². The van der Waals surface area contributed by atoms with Crippen LogP contribution in [0.1, 0.15) is 5.56 Å². The molecule has 8 nitrogen and oxygen atoms in total. The smallest absolute Gasteiger partial charge is 0.417 e. The summed E-state index contributed by atoms with van der Waals surface area (Å²) in [6.07, 6.45) is 1.17. The van der Waals surface area contributed by atoms with Crippen LogP contribution < -0.4 is 10.6 Å². The lowest BCUT2D eigenvalue weighted by Gasteiger charge is -2.04. The molecule has 3 N–H and O–H groups in total. The number of nitrogens with zero attached hydrogens (tertiary/aromatic N) is 1. The topological polar surface area (TPSA) is 125 Å². The van der Waals surface area contributed by atoms with Gasteiger partial charge in [-0.1, -0.05) is 23.2 Å². The summed E-state index contributed by atoms with van der Waals surface area (Å²) in [7, 11) is -3.98. The largest absolute Gasteiger partial charge is 0.505 e. The molecule has 1 heterocycles. The Hall–Kier alpha value is -2.49. The highest BCUT2D eigenvalue weighted by atomic mass is 35.5. The highest BCUT2D eigenvalue weighted by Gasteiger charge is 2.15. The Labute approximate surface area is 150 Å². The molecule has 130 valence electrons. The number of nitrogens with one attached hydrogen (secondary N) is 2. The van der Waals surface area contributed by atoms with Gasteiger partial charge < -0.3 is 9.52 Å². The molecule has 0 aliphatic carbocycles. The van der Waals surface area contributed by atoms with E-state index in [1.807, 2.05) is 4.83 Å².